The molecule has 0 aliphatic carbocycles. The maximum absolute atomic E-state index is 13.1. The third-order valence-electron chi connectivity index (χ3n) is 2.98. The van der Waals surface area contributed by atoms with E-state index in [9.17, 15) is 14.3 Å². The summed E-state index contributed by atoms with van der Waals surface area (Å²) in [6, 6.07) is 9.33. The Morgan fingerprint density at radius 1 is 1.24 bits per heavy atom. The second-order valence-electron chi connectivity index (χ2n) is 4.59. The maximum Gasteiger partial charge on any atom is 0.230 e. The van der Waals surface area contributed by atoms with Crippen LogP contribution in [0.3, 0.4) is 0 Å². The highest BCUT2D eigenvalue weighted by Crippen LogP contribution is 2.21. The number of para-hydroxylation sites is 2. The van der Waals surface area contributed by atoms with Crippen molar-refractivity contribution in [1.82, 2.24) is 9.38 Å². The summed E-state index contributed by atoms with van der Waals surface area (Å²) in [6.45, 7) is 0. The van der Waals surface area contributed by atoms with Crippen molar-refractivity contribution in [1.29, 1.82) is 0 Å². The molecule has 0 fully saturated rings. The number of pyridine rings is 1. The molecule has 3 aromatic rings. The Morgan fingerprint density at radius 2 is 2.05 bits per heavy atom. The SMILES string of the molecule is O=C(Cc1cn2cc(F)ccc2n1)Nc1ccccc1O. The highest BCUT2D eigenvalue weighted by molar-refractivity contribution is 5.93. The first-order chi connectivity index (χ1) is 10.1. The van der Waals surface area contributed by atoms with Gasteiger partial charge in [0.1, 0.15) is 17.2 Å². The third-order valence-corrected chi connectivity index (χ3v) is 2.98. The van der Waals surface area contributed by atoms with Crippen LogP contribution in [-0.4, -0.2) is 20.4 Å². The lowest BCUT2D eigenvalue weighted by molar-refractivity contribution is -0.115. The molecule has 0 radical (unpaired) electrons. The number of imidazole rings is 1. The van der Waals surface area contributed by atoms with E-state index in [1.165, 1.54) is 22.7 Å². The van der Waals surface area contributed by atoms with Crippen molar-refractivity contribution >= 4 is 17.2 Å². The largest absolute Gasteiger partial charge is 0.506 e. The number of nitrogens with one attached hydrogen (secondary N) is 1. The third kappa shape index (κ3) is 2.84. The van der Waals surface area contributed by atoms with E-state index in [0.29, 0.717) is 17.0 Å². The van der Waals surface area contributed by atoms with Crippen LogP contribution < -0.4 is 5.32 Å². The quantitative estimate of drug-likeness (QED) is 0.726. The minimum Gasteiger partial charge on any atom is -0.506 e. The minimum atomic E-state index is -0.370. The molecule has 0 bridgehead atoms. The molecule has 3 rings (SSSR count). The lowest BCUT2D eigenvalue weighted by Crippen LogP contribution is -2.14. The van der Waals surface area contributed by atoms with Crippen LogP contribution in [0, 0.1) is 5.82 Å². The number of nitrogens with zero attached hydrogens (tertiary/aromatic N) is 2. The van der Waals surface area contributed by atoms with Crippen molar-refractivity contribution in [3.63, 3.8) is 0 Å². The molecular formula is C15H12FN3O2. The molecule has 5 nitrogen and oxygen atoms in total. The average molecular weight is 285 g/mol. The van der Waals surface area contributed by atoms with Gasteiger partial charge >= 0.3 is 0 Å². The number of rotatable bonds is 3. The lowest BCUT2D eigenvalue weighted by atomic mass is 10.2. The molecule has 2 aromatic heterocycles. The Kier molecular flexibility index (Phi) is 3.27. The van der Waals surface area contributed by atoms with Crippen LogP contribution in [0.5, 0.6) is 5.75 Å². The van der Waals surface area contributed by atoms with Gasteiger partial charge in [-0.15, -0.1) is 0 Å². The van der Waals surface area contributed by atoms with Gasteiger partial charge in [0.2, 0.25) is 5.91 Å². The fraction of sp³-hybridized carbons (Fsp3) is 0.0667. The van der Waals surface area contributed by atoms with Gasteiger partial charge in [0.25, 0.3) is 0 Å². The number of halogens is 1. The van der Waals surface area contributed by atoms with E-state index in [4.69, 9.17) is 0 Å². The summed E-state index contributed by atoms with van der Waals surface area (Å²) in [5.41, 5.74) is 1.44. The summed E-state index contributed by atoms with van der Waals surface area (Å²) in [5.74, 6) is -0.673. The number of phenolic OH excluding ortho intramolecular Hbond substituents is 1. The second-order valence-corrected chi connectivity index (χ2v) is 4.59. The summed E-state index contributed by atoms with van der Waals surface area (Å²) < 4.78 is 14.6. The Hall–Kier alpha value is -2.89. The van der Waals surface area contributed by atoms with Crippen LogP contribution in [-0.2, 0) is 11.2 Å². The number of carbonyl (C=O) groups excluding carboxylic acids is 1. The number of anilines is 1. The fourth-order valence-electron chi connectivity index (χ4n) is 2.04. The minimum absolute atomic E-state index is 0.00271. The molecule has 2 heterocycles. The van der Waals surface area contributed by atoms with Gasteiger partial charge in [-0.25, -0.2) is 9.37 Å². The number of carbonyl (C=O) groups is 1. The van der Waals surface area contributed by atoms with E-state index in [1.807, 2.05) is 0 Å². The van der Waals surface area contributed by atoms with Gasteiger partial charge in [-0.3, -0.25) is 4.79 Å². The molecule has 0 aliphatic heterocycles. The lowest BCUT2D eigenvalue weighted by Gasteiger charge is -2.05. The van der Waals surface area contributed by atoms with Gasteiger partial charge in [-0.2, -0.15) is 0 Å². The van der Waals surface area contributed by atoms with Crippen LogP contribution in [0.25, 0.3) is 5.65 Å². The van der Waals surface area contributed by atoms with Crippen molar-refractivity contribution < 1.29 is 14.3 Å². The molecule has 0 saturated carbocycles. The van der Waals surface area contributed by atoms with Crippen LogP contribution >= 0.6 is 0 Å². The van der Waals surface area contributed by atoms with Crippen molar-refractivity contribution in [2.75, 3.05) is 5.32 Å². The smallest absolute Gasteiger partial charge is 0.230 e. The molecule has 6 heteroatoms. The monoisotopic (exact) mass is 285 g/mol. The van der Waals surface area contributed by atoms with Crippen LogP contribution in [0.2, 0.25) is 0 Å². The van der Waals surface area contributed by atoms with Gasteiger partial charge in [0.15, 0.2) is 0 Å². The zero-order valence-corrected chi connectivity index (χ0v) is 11.0. The van der Waals surface area contributed by atoms with Crippen LogP contribution in [0.4, 0.5) is 10.1 Å². The summed E-state index contributed by atoms with van der Waals surface area (Å²) in [7, 11) is 0. The molecule has 0 aliphatic rings. The second kappa shape index (κ2) is 5.24. The van der Waals surface area contributed by atoms with E-state index >= 15 is 0 Å². The molecule has 106 valence electrons. The zero-order valence-electron chi connectivity index (χ0n) is 11.0. The first-order valence-corrected chi connectivity index (χ1v) is 6.33. The molecule has 0 atom stereocenters. The van der Waals surface area contributed by atoms with Crippen molar-refractivity contribution in [3.05, 3.63) is 60.3 Å². The Labute approximate surface area is 119 Å². The Balaban J connectivity index is 1.75. The maximum atomic E-state index is 13.1. The van der Waals surface area contributed by atoms with Crippen LogP contribution in [0.15, 0.2) is 48.8 Å². The first kappa shape index (κ1) is 13.1. The first-order valence-electron chi connectivity index (χ1n) is 6.33. The standard InChI is InChI=1S/C15H12FN3O2/c16-10-5-6-14-17-11(9-19(14)8-10)7-15(21)18-12-3-1-2-4-13(12)20/h1-6,8-9,20H,7H2,(H,18,21). The van der Waals surface area contributed by atoms with E-state index < -0.39 is 0 Å². The zero-order chi connectivity index (χ0) is 14.8. The summed E-state index contributed by atoms with van der Waals surface area (Å²) in [6.07, 6.45) is 2.94. The number of hydrogen-bond donors (Lipinski definition) is 2. The van der Waals surface area contributed by atoms with Gasteiger partial charge in [0.05, 0.1) is 17.8 Å². The number of hydrogen-bond acceptors (Lipinski definition) is 3. The van der Waals surface area contributed by atoms with Crippen molar-refractivity contribution in [2.24, 2.45) is 0 Å². The number of phenols is 1. The Bertz CT molecular complexity index is 814. The van der Waals surface area contributed by atoms with Crippen molar-refractivity contribution in [2.45, 2.75) is 6.42 Å². The van der Waals surface area contributed by atoms with Crippen molar-refractivity contribution in [3.8, 4) is 5.75 Å². The Morgan fingerprint density at radius 3 is 2.86 bits per heavy atom. The predicted molar refractivity (Wildman–Crippen MR) is 75.6 cm³/mol. The molecule has 1 aromatic carbocycles. The topological polar surface area (TPSA) is 66.6 Å². The molecule has 2 N–H and O–H groups in total. The highest BCUT2D eigenvalue weighted by atomic mass is 19.1. The highest BCUT2D eigenvalue weighted by Gasteiger charge is 2.10. The van der Waals surface area contributed by atoms with Gasteiger partial charge in [-0.1, -0.05) is 12.1 Å². The molecule has 1 amide bonds. The fourth-order valence-corrected chi connectivity index (χ4v) is 2.04. The number of benzene rings is 1. The van der Waals surface area contributed by atoms with Gasteiger partial charge in [0, 0.05) is 12.4 Å². The molecule has 0 unspecified atom stereocenters. The van der Waals surface area contributed by atoms with E-state index in [0.717, 1.165) is 0 Å². The normalized spacial score (nSPS) is 10.7. The molecule has 21 heavy (non-hydrogen) atoms. The number of aromatic hydroxyl groups is 1. The van der Waals surface area contributed by atoms with E-state index in [2.05, 4.69) is 10.3 Å². The predicted octanol–water partition coefficient (Wildman–Crippen LogP) is 2.36. The number of aromatic nitrogens is 2. The summed E-state index contributed by atoms with van der Waals surface area (Å²) in [5, 5.41) is 12.2. The molecule has 0 saturated heterocycles. The van der Waals surface area contributed by atoms with E-state index in [-0.39, 0.29) is 23.9 Å². The van der Waals surface area contributed by atoms with Gasteiger partial charge < -0.3 is 14.8 Å². The summed E-state index contributed by atoms with van der Waals surface area (Å²) in [4.78, 5) is 16.2. The summed E-state index contributed by atoms with van der Waals surface area (Å²) >= 11 is 0. The van der Waals surface area contributed by atoms with Crippen LogP contribution in [0.1, 0.15) is 5.69 Å². The number of amides is 1. The molecular weight excluding hydrogens is 273 g/mol. The van der Waals surface area contributed by atoms with E-state index in [1.54, 1.807) is 30.5 Å². The van der Waals surface area contributed by atoms with Gasteiger partial charge in [-0.05, 0) is 24.3 Å². The average Bonchev–Trinajstić information content (AvgIpc) is 2.82. The number of fused-ring (bicyclic) bond motifs is 1. The molecule has 0 spiro atoms.